The molecule has 0 fully saturated rings. The van der Waals surface area contributed by atoms with Gasteiger partial charge in [-0.1, -0.05) is 41.9 Å². The van der Waals surface area contributed by atoms with Gasteiger partial charge in [0.15, 0.2) is 0 Å². The van der Waals surface area contributed by atoms with Crippen LogP contribution in [-0.2, 0) is 5.54 Å². The summed E-state index contributed by atoms with van der Waals surface area (Å²) in [6, 6.07) is 16.4. The van der Waals surface area contributed by atoms with E-state index in [-0.39, 0.29) is 5.54 Å². The lowest BCUT2D eigenvalue weighted by Crippen LogP contribution is -2.42. The van der Waals surface area contributed by atoms with Crippen LogP contribution in [0.3, 0.4) is 0 Å². The van der Waals surface area contributed by atoms with Crippen LogP contribution < -0.4 is 10.6 Å². The van der Waals surface area contributed by atoms with E-state index < -0.39 is 0 Å². The molecule has 2 N–H and O–H groups in total. The van der Waals surface area contributed by atoms with E-state index in [1.165, 1.54) is 5.56 Å². The first-order valence-corrected chi connectivity index (χ1v) is 6.42. The van der Waals surface area contributed by atoms with E-state index in [0.717, 1.165) is 22.9 Å². The van der Waals surface area contributed by atoms with Gasteiger partial charge >= 0.3 is 0 Å². The lowest BCUT2D eigenvalue weighted by molar-refractivity contribution is 0.565. The van der Waals surface area contributed by atoms with Crippen LogP contribution in [0.5, 0.6) is 0 Å². The van der Waals surface area contributed by atoms with Gasteiger partial charge in [-0.3, -0.25) is 0 Å². The minimum Gasteiger partial charge on any atom is -0.381 e. The predicted molar refractivity (Wildman–Crippen MR) is 77.4 cm³/mol. The van der Waals surface area contributed by atoms with Crippen molar-refractivity contribution in [3.63, 3.8) is 0 Å². The fourth-order valence-electron chi connectivity index (χ4n) is 2.37. The van der Waals surface area contributed by atoms with E-state index in [4.69, 9.17) is 11.6 Å². The van der Waals surface area contributed by atoms with Gasteiger partial charge in [-0.05, 0) is 30.7 Å². The molecule has 1 aliphatic heterocycles. The van der Waals surface area contributed by atoms with Crippen molar-refractivity contribution in [1.82, 2.24) is 0 Å². The van der Waals surface area contributed by atoms with Crippen molar-refractivity contribution in [2.45, 2.75) is 12.5 Å². The highest BCUT2D eigenvalue weighted by Crippen LogP contribution is 2.36. The van der Waals surface area contributed by atoms with Crippen LogP contribution in [0.1, 0.15) is 12.5 Å². The second-order valence-corrected chi connectivity index (χ2v) is 5.30. The van der Waals surface area contributed by atoms with E-state index in [0.29, 0.717) is 0 Å². The Hall–Kier alpha value is -1.67. The zero-order valence-electron chi connectivity index (χ0n) is 10.2. The number of halogens is 1. The normalized spacial score (nSPS) is 21.7. The van der Waals surface area contributed by atoms with Crippen molar-refractivity contribution in [2.75, 3.05) is 17.2 Å². The van der Waals surface area contributed by atoms with Crippen molar-refractivity contribution in [2.24, 2.45) is 0 Å². The van der Waals surface area contributed by atoms with E-state index >= 15 is 0 Å². The molecule has 2 aromatic rings. The standard InChI is InChI=1S/C15H15ClN2/c1-15(11-5-3-2-4-6-11)10-17-14-9-12(16)7-8-13(14)18-15/h2-9,17-18H,10H2,1H3. The molecular weight excluding hydrogens is 244 g/mol. The van der Waals surface area contributed by atoms with E-state index in [1.807, 2.05) is 24.3 Å². The summed E-state index contributed by atoms with van der Waals surface area (Å²) >= 11 is 6.00. The molecule has 0 saturated carbocycles. The fourth-order valence-corrected chi connectivity index (χ4v) is 2.54. The molecule has 18 heavy (non-hydrogen) atoms. The third kappa shape index (κ3) is 1.93. The topological polar surface area (TPSA) is 24.1 Å². The highest BCUT2D eigenvalue weighted by molar-refractivity contribution is 6.31. The summed E-state index contributed by atoms with van der Waals surface area (Å²) in [7, 11) is 0. The van der Waals surface area contributed by atoms with Crippen molar-refractivity contribution >= 4 is 23.0 Å². The molecule has 1 aliphatic rings. The first kappa shape index (κ1) is 11.4. The Morgan fingerprint density at radius 3 is 2.61 bits per heavy atom. The van der Waals surface area contributed by atoms with Crippen LogP contribution in [0.2, 0.25) is 5.02 Å². The number of anilines is 2. The van der Waals surface area contributed by atoms with Crippen LogP contribution in [0, 0.1) is 0 Å². The van der Waals surface area contributed by atoms with E-state index in [9.17, 15) is 0 Å². The largest absolute Gasteiger partial charge is 0.381 e. The first-order valence-electron chi connectivity index (χ1n) is 6.04. The number of hydrogen-bond acceptors (Lipinski definition) is 2. The average Bonchev–Trinajstić information content (AvgIpc) is 2.40. The third-order valence-electron chi connectivity index (χ3n) is 3.44. The summed E-state index contributed by atoms with van der Waals surface area (Å²) in [6.45, 7) is 3.04. The second-order valence-electron chi connectivity index (χ2n) is 4.87. The van der Waals surface area contributed by atoms with Gasteiger partial charge in [0, 0.05) is 11.6 Å². The van der Waals surface area contributed by atoms with Crippen molar-refractivity contribution < 1.29 is 0 Å². The molecule has 3 rings (SSSR count). The van der Waals surface area contributed by atoms with Crippen LogP contribution in [0.4, 0.5) is 11.4 Å². The number of hydrogen-bond donors (Lipinski definition) is 2. The molecule has 0 aromatic heterocycles. The molecule has 1 atom stereocenters. The summed E-state index contributed by atoms with van der Waals surface area (Å²) in [6.07, 6.45) is 0. The molecular formula is C15H15ClN2. The van der Waals surface area contributed by atoms with Crippen molar-refractivity contribution in [3.8, 4) is 0 Å². The lowest BCUT2D eigenvalue weighted by Gasteiger charge is -2.38. The van der Waals surface area contributed by atoms with E-state index in [1.54, 1.807) is 0 Å². The molecule has 0 aliphatic carbocycles. The fraction of sp³-hybridized carbons (Fsp3) is 0.200. The minimum atomic E-state index is -0.0951. The SMILES string of the molecule is CC1(c2ccccc2)CNc2cc(Cl)ccc2N1. The minimum absolute atomic E-state index is 0.0951. The van der Waals surface area contributed by atoms with Crippen LogP contribution in [0.25, 0.3) is 0 Å². The Morgan fingerprint density at radius 1 is 1.06 bits per heavy atom. The molecule has 3 heteroatoms. The number of rotatable bonds is 1. The summed E-state index contributed by atoms with van der Waals surface area (Å²) in [4.78, 5) is 0. The lowest BCUT2D eigenvalue weighted by atomic mass is 9.89. The third-order valence-corrected chi connectivity index (χ3v) is 3.67. The van der Waals surface area contributed by atoms with Crippen molar-refractivity contribution in [1.29, 1.82) is 0 Å². The molecule has 0 radical (unpaired) electrons. The Morgan fingerprint density at radius 2 is 1.83 bits per heavy atom. The maximum atomic E-state index is 6.00. The molecule has 0 bridgehead atoms. The smallest absolute Gasteiger partial charge is 0.0770 e. The quantitative estimate of drug-likeness (QED) is 0.805. The maximum absolute atomic E-state index is 6.00. The maximum Gasteiger partial charge on any atom is 0.0770 e. The van der Waals surface area contributed by atoms with Gasteiger partial charge in [-0.2, -0.15) is 0 Å². The van der Waals surface area contributed by atoms with Gasteiger partial charge in [0.05, 0.1) is 16.9 Å². The second kappa shape index (κ2) is 4.21. The Labute approximate surface area is 112 Å². The number of benzene rings is 2. The molecule has 2 nitrogen and oxygen atoms in total. The van der Waals surface area contributed by atoms with Crippen LogP contribution in [-0.4, -0.2) is 6.54 Å². The summed E-state index contributed by atoms with van der Waals surface area (Å²) < 4.78 is 0. The van der Waals surface area contributed by atoms with Gasteiger partial charge in [-0.25, -0.2) is 0 Å². The van der Waals surface area contributed by atoms with Gasteiger partial charge in [0.25, 0.3) is 0 Å². The summed E-state index contributed by atoms with van der Waals surface area (Å²) in [5.74, 6) is 0. The van der Waals surface area contributed by atoms with Crippen LogP contribution in [0.15, 0.2) is 48.5 Å². The molecule has 1 heterocycles. The van der Waals surface area contributed by atoms with Gasteiger partial charge in [0.1, 0.15) is 0 Å². The summed E-state index contributed by atoms with van der Waals surface area (Å²) in [5, 5.41) is 7.80. The van der Waals surface area contributed by atoms with Gasteiger partial charge in [-0.15, -0.1) is 0 Å². The Kier molecular flexibility index (Phi) is 2.67. The van der Waals surface area contributed by atoms with Crippen LogP contribution >= 0.6 is 11.6 Å². The van der Waals surface area contributed by atoms with E-state index in [2.05, 4.69) is 41.8 Å². The zero-order valence-corrected chi connectivity index (χ0v) is 11.0. The Balaban J connectivity index is 1.97. The molecule has 0 saturated heterocycles. The Bertz CT molecular complexity index is 568. The first-order chi connectivity index (χ1) is 8.67. The molecule has 2 aromatic carbocycles. The average molecular weight is 259 g/mol. The van der Waals surface area contributed by atoms with Gasteiger partial charge in [0.2, 0.25) is 0 Å². The predicted octanol–water partition coefficient (Wildman–Crippen LogP) is 4.09. The molecule has 0 amide bonds. The molecule has 0 spiro atoms. The highest BCUT2D eigenvalue weighted by Gasteiger charge is 2.30. The molecule has 92 valence electrons. The number of fused-ring (bicyclic) bond motifs is 1. The van der Waals surface area contributed by atoms with Gasteiger partial charge < -0.3 is 10.6 Å². The number of nitrogens with one attached hydrogen (secondary N) is 2. The van der Waals surface area contributed by atoms with Crippen molar-refractivity contribution in [3.05, 3.63) is 59.1 Å². The zero-order chi connectivity index (χ0) is 12.6. The molecule has 1 unspecified atom stereocenters. The monoisotopic (exact) mass is 258 g/mol. The highest BCUT2D eigenvalue weighted by atomic mass is 35.5. The summed E-state index contributed by atoms with van der Waals surface area (Å²) in [5.41, 5.74) is 3.34.